The number of carbonyl (C=O) groups excluding carboxylic acids is 3. The molecule has 3 amide bonds. The Morgan fingerprint density at radius 2 is 1.84 bits per heavy atom. The van der Waals surface area contributed by atoms with E-state index in [0.717, 1.165) is 5.56 Å². The molecular weight excluding hydrogens is 432 g/mol. The average molecular weight is 463 g/mol. The molecule has 0 saturated carbocycles. The van der Waals surface area contributed by atoms with E-state index in [0.29, 0.717) is 30.9 Å². The van der Waals surface area contributed by atoms with Gasteiger partial charge in [-0.25, -0.2) is 14.6 Å². The van der Waals surface area contributed by atoms with Gasteiger partial charge in [0.15, 0.2) is 5.13 Å². The van der Waals surface area contributed by atoms with Crippen LogP contribution in [-0.2, 0) is 20.9 Å². The van der Waals surface area contributed by atoms with Crippen molar-refractivity contribution in [2.24, 2.45) is 0 Å². The number of alkyl carbamates (subject to hydrolysis) is 2. The van der Waals surface area contributed by atoms with E-state index in [1.54, 1.807) is 32.3 Å². The molecule has 0 aliphatic rings. The van der Waals surface area contributed by atoms with Gasteiger partial charge in [0.05, 0.1) is 0 Å². The van der Waals surface area contributed by atoms with E-state index in [2.05, 4.69) is 20.9 Å². The Morgan fingerprint density at radius 1 is 1.09 bits per heavy atom. The molecular formula is C22H30N4O5S. The highest BCUT2D eigenvalue weighted by molar-refractivity contribution is 7.13. The predicted molar refractivity (Wildman–Crippen MR) is 122 cm³/mol. The Balaban J connectivity index is 1.75. The molecule has 3 N–H and O–H groups in total. The Bertz CT molecular complexity index is 853. The van der Waals surface area contributed by atoms with Crippen molar-refractivity contribution in [1.82, 2.24) is 15.6 Å². The third-order valence-electron chi connectivity index (χ3n) is 4.07. The molecule has 0 unspecified atom stereocenters. The predicted octanol–water partition coefficient (Wildman–Crippen LogP) is 4.07. The first kappa shape index (κ1) is 25.1. The van der Waals surface area contributed by atoms with E-state index in [4.69, 9.17) is 9.47 Å². The minimum absolute atomic E-state index is 0.200. The van der Waals surface area contributed by atoms with Gasteiger partial charge in [0.1, 0.15) is 18.2 Å². The van der Waals surface area contributed by atoms with Gasteiger partial charge < -0.3 is 25.4 Å². The number of nitrogens with zero attached hydrogens (tertiary/aromatic N) is 1. The Kier molecular flexibility index (Phi) is 9.93. The molecule has 9 nitrogen and oxygen atoms in total. The summed E-state index contributed by atoms with van der Waals surface area (Å²) in [6.45, 7) is 5.84. The van der Waals surface area contributed by atoms with Crippen LogP contribution in [0.1, 0.15) is 45.6 Å². The number of aromatic nitrogens is 1. The maximum atomic E-state index is 12.6. The molecule has 2 rings (SSSR count). The average Bonchev–Trinajstić information content (AvgIpc) is 3.23. The maximum absolute atomic E-state index is 12.6. The number of benzene rings is 1. The van der Waals surface area contributed by atoms with Crippen molar-refractivity contribution in [1.29, 1.82) is 0 Å². The minimum Gasteiger partial charge on any atom is -0.445 e. The zero-order valence-electron chi connectivity index (χ0n) is 18.6. The van der Waals surface area contributed by atoms with Gasteiger partial charge in [-0.1, -0.05) is 30.3 Å². The summed E-state index contributed by atoms with van der Waals surface area (Å²) in [7, 11) is 0. The van der Waals surface area contributed by atoms with Crippen LogP contribution in [0, 0.1) is 0 Å². The molecule has 0 radical (unpaired) electrons. The quantitative estimate of drug-likeness (QED) is 0.458. The number of hydrogen-bond acceptors (Lipinski definition) is 7. The van der Waals surface area contributed by atoms with Crippen molar-refractivity contribution >= 4 is 34.6 Å². The van der Waals surface area contributed by atoms with Gasteiger partial charge in [-0.3, -0.25) is 4.79 Å². The highest BCUT2D eigenvalue weighted by atomic mass is 32.1. The number of thiazole rings is 1. The molecule has 1 aromatic carbocycles. The monoisotopic (exact) mass is 462 g/mol. The van der Waals surface area contributed by atoms with Crippen LogP contribution in [0.2, 0.25) is 0 Å². The first-order chi connectivity index (χ1) is 15.2. The first-order valence-corrected chi connectivity index (χ1v) is 11.3. The van der Waals surface area contributed by atoms with Gasteiger partial charge >= 0.3 is 12.2 Å². The zero-order chi connectivity index (χ0) is 23.4. The van der Waals surface area contributed by atoms with E-state index < -0.39 is 23.8 Å². The fourth-order valence-corrected chi connectivity index (χ4v) is 3.17. The van der Waals surface area contributed by atoms with Crippen molar-refractivity contribution in [3.63, 3.8) is 0 Å². The smallest absolute Gasteiger partial charge is 0.408 e. The van der Waals surface area contributed by atoms with Gasteiger partial charge in [-0.2, -0.15) is 0 Å². The van der Waals surface area contributed by atoms with Gasteiger partial charge in [0.25, 0.3) is 0 Å². The molecule has 0 bridgehead atoms. The van der Waals surface area contributed by atoms with Crippen molar-refractivity contribution < 1.29 is 23.9 Å². The Morgan fingerprint density at radius 3 is 2.50 bits per heavy atom. The summed E-state index contributed by atoms with van der Waals surface area (Å²) in [6, 6.07) is 8.61. The fraction of sp³-hybridized carbons (Fsp3) is 0.455. The Labute approximate surface area is 191 Å². The van der Waals surface area contributed by atoms with Crippen LogP contribution in [0.15, 0.2) is 41.9 Å². The number of amides is 3. The lowest BCUT2D eigenvalue weighted by Crippen LogP contribution is -2.45. The van der Waals surface area contributed by atoms with Crippen LogP contribution in [0.4, 0.5) is 14.7 Å². The van der Waals surface area contributed by atoms with E-state index in [-0.39, 0.29) is 12.5 Å². The summed E-state index contributed by atoms with van der Waals surface area (Å²) in [4.78, 5) is 40.6. The van der Waals surface area contributed by atoms with Gasteiger partial charge in [-0.15, -0.1) is 11.3 Å². The third kappa shape index (κ3) is 10.3. The fourth-order valence-electron chi connectivity index (χ4n) is 2.63. The maximum Gasteiger partial charge on any atom is 0.408 e. The molecule has 10 heteroatoms. The second-order valence-electron chi connectivity index (χ2n) is 8.01. The summed E-state index contributed by atoms with van der Waals surface area (Å²) in [5.74, 6) is -0.374. The summed E-state index contributed by atoms with van der Waals surface area (Å²) in [5.41, 5.74) is 0.231. The third-order valence-corrected chi connectivity index (χ3v) is 4.76. The van der Waals surface area contributed by atoms with Crippen LogP contribution in [0.5, 0.6) is 0 Å². The van der Waals surface area contributed by atoms with Crippen molar-refractivity contribution in [2.45, 2.75) is 58.3 Å². The molecule has 32 heavy (non-hydrogen) atoms. The normalized spacial score (nSPS) is 11.8. The largest absolute Gasteiger partial charge is 0.445 e. The van der Waals surface area contributed by atoms with E-state index >= 15 is 0 Å². The van der Waals surface area contributed by atoms with Crippen molar-refractivity contribution in [2.75, 3.05) is 11.9 Å². The lowest BCUT2D eigenvalue weighted by atomic mass is 10.1. The van der Waals surface area contributed by atoms with Gasteiger partial charge in [0.2, 0.25) is 5.91 Å². The molecule has 0 fully saturated rings. The Hall–Kier alpha value is -3.14. The molecule has 0 aliphatic heterocycles. The highest BCUT2D eigenvalue weighted by Crippen LogP contribution is 2.13. The highest BCUT2D eigenvalue weighted by Gasteiger charge is 2.24. The molecule has 1 atom stereocenters. The summed E-state index contributed by atoms with van der Waals surface area (Å²) >= 11 is 1.29. The number of carbonyl (C=O) groups is 3. The van der Waals surface area contributed by atoms with Crippen molar-refractivity contribution in [3.05, 3.63) is 47.5 Å². The second-order valence-corrected chi connectivity index (χ2v) is 8.90. The number of rotatable bonds is 10. The number of hydrogen-bond donors (Lipinski definition) is 3. The minimum atomic E-state index is -0.793. The number of anilines is 1. The van der Waals surface area contributed by atoms with Crippen LogP contribution in [-0.4, -0.2) is 41.3 Å². The number of ether oxygens (including phenoxy) is 2. The lowest BCUT2D eigenvalue weighted by molar-refractivity contribution is -0.118. The SMILES string of the molecule is CC(C)(C)OC(=O)N[C@@H](CCCCNC(=O)OCc1ccccc1)C(=O)Nc1nccs1. The second kappa shape index (κ2) is 12.7. The molecule has 174 valence electrons. The molecule has 1 aromatic heterocycles. The zero-order valence-corrected chi connectivity index (χ0v) is 19.4. The number of unbranched alkanes of at least 4 members (excludes halogenated alkanes) is 1. The standard InChI is InChI=1S/C22H30N4O5S/c1-22(2,3)31-21(29)25-17(18(27)26-19-23-13-14-32-19)11-7-8-12-24-20(28)30-15-16-9-5-4-6-10-16/h4-6,9-10,13-14,17H,7-8,11-12,15H2,1-3H3,(H,24,28)(H,25,29)(H,23,26,27)/t17-/m0/s1. The van der Waals surface area contributed by atoms with Crippen molar-refractivity contribution in [3.8, 4) is 0 Å². The van der Waals surface area contributed by atoms with Crippen LogP contribution in [0.25, 0.3) is 0 Å². The summed E-state index contributed by atoms with van der Waals surface area (Å²) in [5, 5.41) is 10.2. The number of nitrogens with one attached hydrogen (secondary N) is 3. The molecule has 1 heterocycles. The molecule has 0 spiro atoms. The van der Waals surface area contributed by atoms with E-state index in [1.807, 2.05) is 30.3 Å². The van der Waals surface area contributed by atoms with Gasteiger partial charge in [0, 0.05) is 18.1 Å². The van der Waals surface area contributed by atoms with E-state index in [1.165, 1.54) is 11.3 Å². The van der Waals surface area contributed by atoms with Gasteiger partial charge in [-0.05, 0) is 45.6 Å². The summed E-state index contributed by atoms with van der Waals surface area (Å²) in [6.07, 6.45) is 1.98. The van der Waals surface area contributed by atoms with Crippen LogP contribution < -0.4 is 16.0 Å². The van der Waals surface area contributed by atoms with Crippen LogP contribution >= 0.6 is 11.3 Å². The molecule has 2 aromatic rings. The molecule has 0 saturated heterocycles. The van der Waals surface area contributed by atoms with Crippen LogP contribution in [0.3, 0.4) is 0 Å². The lowest BCUT2D eigenvalue weighted by Gasteiger charge is -2.23. The first-order valence-electron chi connectivity index (χ1n) is 10.4. The summed E-state index contributed by atoms with van der Waals surface area (Å²) < 4.78 is 10.4. The molecule has 0 aliphatic carbocycles. The topological polar surface area (TPSA) is 119 Å². The van der Waals surface area contributed by atoms with E-state index in [9.17, 15) is 14.4 Å².